The fraction of sp³-hybridized carbons (Fsp3) is 0.429. The van der Waals surface area contributed by atoms with E-state index in [-0.39, 0.29) is 17.6 Å². The van der Waals surface area contributed by atoms with Gasteiger partial charge in [0.2, 0.25) is 0 Å². The van der Waals surface area contributed by atoms with Crippen LogP contribution in [0.5, 0.6) is 23.0 Å². The standard InChI is InChI=1S/C21H26O5/c1-12-20(13-6-7-16(22)17(8-13)24-3)15-10-19(26-5)18(25-4)9-14(15)11-21(12,2)23/h6-10,12,20,22-23H,11H2,1-5H3/t12-,20+,21-/m0/s1. The molecule has 0 spiro atoms. The molecule has 0 aromatic heterocycles. The molecule has 0 unspecified atom stereocenters. The molecule has 0 saturated heterocycles. The highest BCUT2D eigenvalue weighted by molar-refractivity contribution is 5.54. The van der Waals surface area contributed by atoms with Crippen molar-refractivity contribution in [1.82, 2.24) is 0 Å². The van der Waals surface area contributed by atoms with E-state index in [1.807, 2.05) is 38.1 Å². The molecule has 26 heavy (non-hydrogen) atoms. The lowest BCUT2D eigenvalue weighted by Crippen LogP contribution is -2.43. The van der Waals surface area contributed by atoms with Gasteiger partial charge in [-0.1, -0.05) is 13.0 Å². The summed E-state index contributed by atoms with van der Waals surface area (Å²) < 4.78 is 16.2. The molecule has 0 fully saturated rings. The number of phenols is 1. The number of fused-ring (bicyclic) bond motifs is 1. The number of benzene rings is 2. The Labute approximate surface area is 154 Å². The number of aliphatic hydroxyl groups is 1. The van der Waals surface area contributed by atoms with Crippen molar-refractivity contribution in [1.29, 1.82) is 0 Å². The van der Waals surface area contributed by atoms with Crippen molar-refractivity contribution in [3.63, 3.8) is 0 Å². The normalized spacial score (nSPS) is 24.7. The van der Waals surface area contributed by atoms with Crippen molar-refractivity contribution in [2.75, 3.05) is 21.3 Å². The minimum Gasteiger partial charge on any atom is -0.504 e. The van der Waals surface area contributed by atoms with Gasteiger partial charge in [0.15, 0.2) is 23.0 Å². The molecule has 1 aliphatic rings. The summed E-state index contributed by atoms with van der Waals surface area (Å²) in [7, 11) is 4.75. The van der Waals surface area contributed by atoms with Crippen molar-refractivity contribution < 1.29 is 24.4 Å². The number of methoxy groups -OCH3 is 3. The van der Waals surface area contributed by atoms with Crippen LogP contribution in [-0.4, -0.2) is 37.1 Å². The highest BCUT2D eigenvalue weighted by Crippen LogP contribution is 2.49. The zero-order valence-electron chi connectivity index (χ0n) is 15.9. The molecule has 3 atom stereocenters. The first-order chi connectivity index (χ1) is 12.3. The van der Waals surface area contributed by atoms with Crippen LogP contribution in [0.2, 0.25) is 0 Å². The monoisotopic (exact) mass is 358 g/mol. The molecule has 5 nitrogen and oxygen atoms in total. The van der Waals surface area contributed by atoms with Gasteiger partial charge in [0, 0.05) is 12.3 Å². The van der Waals surface area contributed by atoms with Gasteiger partial charge in [-0.2, -0.15) is 0 Å². The Balaban J connectivity index is 2.21. The highest BCUT2D eigenvalue weighted by Gasteiger charge is 2.42. The third-order valence-corrected chi connectivity index (χ3v) is 5.57. The first kappa shape index (κ1) is 18.4. The summed E-state index contributed by atoms with van der Waals surface area (Å²) >= 11 is 0. The van der Waals surface area contributed by atoms with Crippen molar-refractivity contribution in [3.8, 4) is 23.0 Å². The summed E-state index contributed by atoms with van der Waals surface area (Å²) in [5.74, 6) is 1.72. The van der Waals surface area contributed by atoms with Gasteiger partial charge in [-0.3, -0.25) is 0 Å². The predicted octanol–water partition coefficient (Wildman–Crippen LogP) is 3.49. The largest absolute Gasteiger partial charge is 0.504 e. The van der Waals surface area contributed by atoms with Crippen molar-refractivity contribution >= 4 is 0 Å². The van der Waals surface area contributed by atoms with E-state index < -0.39 is 5.60 Å². The summed E-state index contributed by atoms with van der Waals surface area (Å²) in [6, 6.07) is 9.27. The first-order valence-corrected chi connectivity index (χ1v) is 8.66. The molecule has 0 aliphatic heterocycles. The maximum atomic E-state index is 11.0. The fourth-order valence-corrected chi connectivity index (χ4v) is 3.91. The lowest BCUT2D eigenvalue weighted by atomic mass is 9.65. The molecule has 2 aromatic carbocycles. The summed E-state index contributed by atoms with van der Waals surface area (Å²) in [5.41, 5.74) is 2.22. The quantitative estimate of drug-likeness (QED) is 0.876. The summed E-state index contributed by atoms with van der Waals surface area (Å²) in [5, 5.41) is 21.0. The van der Waals surface area contributed by atoms with Crippen LogP contribution in [0.15, 0.2) is 30.3 Å². The molecule has 0 radical (unpaired) electrons. The van der Waals surface area contributed by atoms with Crippen LogP contribution < -0.4 is 14.2 Å². The van der Waals surface area contributed by atoms with E-state index >= 15 is 0 Å². The lowest BCUT2D eigenvalue weighted by Gasteiger charge is -2.42. The van der Waals surface area contributed by atoms with Crippen LogP contribution in [0.4, 0.5) is 0 Å². The smallest absolute Gasteiger partial charge is 0.161 e. The van der Waals surface area contributed by atoms with E-state index in [4.69, 9.17) is 14.2 Å². The van der Waals surface area contributed by atoms with Gasteiger partial charge in [0.05, 0.1) is 26.9 Å². The van der Waals surface area contributed by atoms with E-state index in [9.17, 15) is 10.2 Å². The number of hydrogen-bond acceptors (Lipinski definition) is 5. The topological polar surface area (TPSA) is 68.2 Å². The minimum absolute atomic E-state index is 0.0395. The fourth-order valence-electron chi connectivity index (χ4n) is 3.91. The van der Waals surface area contributed by atoms with Gasteiger partial charge < -0.3 is 24.4 Å². The zero-order chi connectivity index (χ0) is 19.1. The van der Waals surface area contributed by atoms with Gasteiger partial charge in [0.1, 0.15) is 0 Å². The Morgan fingerprint density at radius 1 is 0.962 bits per heavy atom. The molecule has 1 aliphatic carbocycles. The van der Waals surface area contributed by atoms with Crippen LogP contribution in [0, 0.1) is 5.92 Å². The average molecular weight is 358 g/mol. The Morgan fingerprint density at radius 2 is 1.58 bits per heavy atom. The van der Waals surface area contributed by atoms with E-state index in [2.05, 4.69) is 0 Å². The molecule has 0 amide bonds. The molecule has 2 N–H and O–H groups in total. The molecule has 0 saturated carbocycles. The molecule has 0 heterocycles. The SMILES string of the molecule is COc1cc([C@@H]2c3cc(OC)c(OC)cc3C[C@](C)(O)[C@H]2C)ccc1O. The van der Waals surface area contributed by atoms with E-state index in [1.54, 1.807) is 20.3 Å². The van der Waals surface area contributed by atoms with Gasteiger partial charge in [-0.05, 0) is 53.8 Å². The third-order valence-electron chi connectivity index (χ3n) is 5.57. The lowest BCUT2D eigenvalue weighted by molar-refractivity contribution is -0.00739. The van der Waals surface area contributed by atoms with Crippen molar-refractivity contribution in [3.05, 3.63) is 47.0 Å². The predicted molar refractivity (Wildman–Crippen MR) is 99.5 cm³/mol. The van der Waals surface area contributed by atoms with E-state index in [1.165, 1.54) is 7.11 Å². The van der Waals surface area contributed by atoms with Crippen molar-refractivity contribution in [2.45, 2.75) is 31.8 Å². The Kier molecular flexibility index (Phi) is 4.76. The van der Waals surface area contributed by atoms with Crippen LogP contribution in [-0.2, 0) is 6.42 Å². The zero-order valence-corrected chi connectivity index (χ0v) is 15.9. The summed E-state index contributed by atoms with van der Waals surface area (Å²) in [6.45, 7) is 3.91. The number of rotatable bonds is 4. The number of ether oxygens (including phenoxy) is 3. The number of aromatic hydroxyl groups is 1. The molecule has 5 heteroatoms. The van der Waals surface area contributed by atoms with Crippen molar-refractivity contribution in [2.24, 2.45) is 5.92 Å². The number of phenolic OH excluding ortho intramolecular Hbond substituents is 1. The van der Waals surface area contributed by atoms with Crippen LogP contribution in [0.25, 0.3) is 0 Å². The van der Waals surface area contributed by atoms with Crippen LogP contribution in [0.1, 0.15) is 36.5 Å². The third kappa shape index (κ3) is 2.97. The van der Waals surface area contributed by atoms with Crippen LogP contribution in [0.3, 0.4) is 0 Å². The second kappa shape index (κ2) is 6.72. The molecule has 3 rings (SSSR count). The Bertz CT molecular complexity index is 812. The maximum absolute atomic E-state index is 11.0. The molecular formula is C21H26O5. The van der Waals surface area contributed by atoms with E-state index in [0.717, 1.165) is 16.7 Å². The van der Waals surface area contributed by atoms with E-state index in [0.29, 0.717) is 23.7 Å². The average Bonchev–Trinajstić information content (AvgIpc) is 2.62. The highest BCUT2D eigenvalue weighted by atomic mass is 16.5. The molecule has 2 aromatic rings. The molecule has 140 valence electrons. The Morgan fingerprint density at radius 3 is 2.19 bits per heavy atom. The molecular weight excluding hydrogens is 332 g/mol. The molecule has 0 bridgehead atoms. The second-order valence-electron chi connectivity index (χ2n) is 7.14. The van der Waals surface area contributed by atoms with Crippen LogP contribution >= 0.6 is 0 Å². The van der Waals surface area contributed by atoms with Gasteiger partial charge in [-0.25, -0.2) is 0 Å². The minimum atomic E-state index is -0.873. The second-order valence-corrected chi connectivity index (χ2v) is 7.14. The summed E-state index contributed by atoms with van der Waals surface area (Å²) in [6.07, 6.45) is 0.537. The van der Waals surface area contributed by atoms with Gasteiger partial charge in [0.25, 0.3) is 0 Å². The first-order valence-electron chi connectivity index (χ1n) is 8.66. The summed E-state index contributed by atoms with van der Waals surface area (Å²) in [4.78, 5) is 0. The number of hydrogen-bond donors (Lipinski definition) is 2. The van der Waals surface area contributed by atoms with Gasteiger partial charge in [-0.15, -0.1) is 0 Å². The Hall–Kier alpha value is -2.40. The van der Waals surface area contributed by atoms with Gasteiger partial charge >= 0.3 is 0 Å². The maximum Gasteiger partial charge on any atom is 0.161 e.